The largest absolute Gasteiger partial charge is 0.369 e. The minimum atomic E-state index is 0.843. The lowest BCUT2D eigenvalue weighted by Crippen LogP contribution is -2.14. The van der Waals surface area contributed by atoms with Gasteiger partial charge >= 0.3 is 0 Å². The Morgan fingerprint density at radius 3 is 2.33 bits per heavy atom. The first kappa shape index (κ1) is 14.7. The number of nitrogens with one attached hydrogen (secondary N) is 2. The Hall–Kier alpha value is -1.36. The van der Waals surface area contributed by atoms with E-state index in [2.05, 4.69) is 46.5 Å². The smallest absolute Gasteiger partial charge is 0.146 e. The van der Waals surface area contributed by atoms with E-state index in [1.807, 2.05) is 0 Å². The zero-order chi connectivity index (χ0) is 13.2. The molecule has 0 aromatic carbocycles. The maximum atomic E-state index is 4.45. The Bertz CT molecular complexity index is 327. The highest BCUT2D eigenvalue weighted by Gasteiger charge is 1.97. The summed E-state index contributed by atoms with van der Waals surface area (Å²) < 4.78 is 0. The average Bonchev–Trinajstić information content (AvgIpc) is 2.36. The molecule has 0 bridgehead atoms. The molecule has 0 unspecified atom stereocenters. The summed E-state index contributed by atoms with van der Waals surface area (Å²) in [5.74, 6) is 1.69. The summed E-state index contributed by atoms with van der Waals surface area (Å²) in [6.07, 6.45) is 6.95. The third-order valence-corrected chi connectivity index (χ3v) is 2.53. The minimum absolute atomic E-state index is 0.843. The van der Waals surface area contributed by atoms with Crippen molar-refractivity contribution < 1.29 is 0 Å². The van der Waals surface area contributed by atoms with Gasteiger partial charge in [-0.3, -0.25) is 4.98 Å². The first-order chi connectivity index (χ1) is 8.72. The molecule has 0 aliphatic heterocycles. The third-order valence-electron chi connectivity index (χ3n) is 2.53. The zero-order valence-corrected chi connectivity index (χ0v) is 11.7. The Morgan fingerprint density at radius 2 is 1.72 bits per heavy atom. The van der Waals surface area contributed by atoms with E-state index in [0.29, 0.717) is 0 Å². The molecule has 5 nitrogen and oxygen atoms in total. The van der Waals surface area contributed by atoms with Gasteiger partial charge < -0.3 is 15.5 Å². The molecule has 0 aliphatic carbocycles. The molecule has 18 heavy (non-hydrogen) atoms. The van der Waals surface area contributed by atoms with Crippen LogP contribution in [0, 0.1) is 0 Å². The van der Waals surface area contributed by atoms with Crippen molar-refractivity contribution in [2.45, 2.75) is 26.2 Å². The predicted molar refractivity (Wildman–Crippen MR) is 77.1 cm³/mol. The van der Waals surface area contributed by atoms with Gasteiger partial charge in [0, 0.05) is 13.1 Å². The molecule has 1 heterocycles. The Morgan fingerprint density at radius 1 is 1.06 bits per heavy atom. The summed E-state index contributed by atoms with van der Waals surface area (Å²) in [5, 5.41) is 6.53. The highest BCUT2D eigenvalue weighted by Crippen LogP contribution is 2.06. The molecule has 5 heteroatoms. The molecule has 0 aliphatic rings. The lowest BCUT2D eigenvalue weighted by Gasteiger charge is -2.10. The van der Waals surface area contributed by atoms with Crippen LogP contribution in [-0.4, -0.2) is 48.6 Å². The van der Waals surface area contributed by atoms with Gasteiger partial charge in [-0.15, -0.1) is 0 Å². The van der Waals surface area contributed by atoms with Crippen LogP contribution < -0.4 is 10.6 Å². The fourth-order valence-corrected chi connectivity index (χ4v) is 1.56. The van der Waals surface area contributed by atoms with Crippen LogP contribution in [-0.2, 0) is 0 Å². The average molecular weight is 251 g/mol. The summed E-state index contributed by atoms with van der Waals surface area (Å²) >= 11 is 0. The maximum Gasteiger partial charge on any atom is 0.146 e. The number of nitrogens with zero attached hydrogens (tertiary/aromatic N) is 3. The van der Waals surface area contributed by atoms with Crippen LogP contribution in [0.3, 0.4) is 0 Å². The number of hydrogen-bond donors (Lipinski definition) is 2. The molecule has 0 saturated heterocycles. The summed E-state index contributed by atoms with van der Waals surface area (Å²) in [6, 6.07) is 0. The van der Waals surface area contributed by atoms with Gasteiger partial charge in [0.25, 0.3) is 0 Å². The van der Waals surface area contributed by atoms with Gasteiger partial charge in [0.15, 0.2) is 0 Å². The summed E-state index contributed by atoms with van der Waals surface area (Å²) in [7, 11) is 4.20. The van der Waals surface area contributed by atoms with Gasteiger partial charge in [-0.2, -0.15) is 0 Å². The van der Waals surface area contributed by atoms with E-state index in [0.717, 1.165) is 44.1 Å². The molecule has 1 rings (SSSR count). The van der Waals surface area contributed by atoms with Crippen molar-refractivity contribution in [1.29, 1.82) is 0 Å². The van der Waals surface area contributed by atoms with Gasteiger partial charge in [0.05, 0.1) is 12.4 Å². The summed E-state index contributed by atoms with van der Waals surface area (Å²) in [4.78, 5) is 10.8. The lowest BCUT2D eigenvalue weighted by atomic mass is 10.3. The predicted octanol–water partition coefficient (Wildman–Crippen LogP) is 2.05. The van der Waals surface area contributed by atoms with Crippen LogP contribution in [0.2, 0.25) is 0 Å². The fraction of sp³-hybridized carbons (Fsp3) is 0.692. The molecule has 1 aromatic heterocycles. The van der Waals surface area contributed by atoms with Crippen LogP contribution in [0.5, 0.6) is 0 Å². The molecule has 102 valence electrons. The van der Waals surface area contributed by atoms with Crippen LogP contribution in [0.1, 0.15) is 26.2 Å². The summed E-state index contributed by atoms with van der Waals surface area (Å²) in [6.45, 7) is 5.14. The van der Waals surface area contributed by atoms with Crippen LogP contribution >= 0.6 is 0 Å². The molecule has 1 aromatic rings. The third kappa shape index (κ3) is 6.39. The Balaban J connectivity index is 2.24. The highest BCUT2D eigenvalue weighted by atomic mass is 15.1. The van der Waals surface area contributed by atoms with Gasteiger partial charge in [0.2, 0.25) is 0 Å². The molecular weight excluding hydrogens is 226 g/mol. The van der Waals surface area contributed by atoms with E-state index in [-0.39, 0.29) is 0 Å². The zero-order valence-electron chi connectivity index (χ0n) is 11.7. The van der Waals surface area contributed by atoms with Crippen LogP contribution in [0.4, 0.5) is 11.6 Å². The van der Waals surface area contributed by atoms with Crippen molar-refractivity contribution in [3.63, 3.8) is 0 Å². The highest BCUT2D eigenvalue weighted by molar-refractivity contribution is 5.41. The van der Waals surface area contributed by atoms with Crippen LogP contribution in [0.15, 0.2) is 12.4 Å². The van der Waals surface area contributed by atoms with Crippen molar-refractivity contribution in [3.8, 4) is 0 Å². The van der Waals surface area contributed by atoms with Crippen molar-refractivity contribution in [2.24, 2.45) is 0 Å². The summed E-state index contributed by atoms with van der Waals surface area (Å²) in [5.41, 5.74) is 0. The second-order valence-electron chi connectivity index (χ2n) is 4.65. The maximum absolute atomic E-state index is 4.45. The van der Waals surface area contributed by atoms with E-state index in [1.54, 1.807) is 12.4 Å². The second kappa shape index (κ2) is 8.69. The van der Waals surface area contributed by atoms with Gasteiger partial charge in [-0.05, 0) is 39.9 Å². The quantitative estimate of drug-likeness (QED) is 0.658. The lowest BCUT2D eigenvalue weighted by molar-refractivity contribution is 0.396. The number of unbranched alkanes of at least 4 members (excludes halogenated alkanes) is 1. The SMILES string of the molecule is CCCNc1cncc(NCCCCN(C)C)n1. The number of hydrogen-bond acceptors (Lipinski definition) is 5. The van der Waals surface area contributed by atoms with Gasteiger partial charge in [-0.1, -0.05) is 6.92 Å². The van der Waals surface area contributed by atoms with E-state index < -0.39 is 0 Å². The Labute approximate surface area is 110 Å². The normalized spacial score (nSPS) is 10.7. The van der Waals surface area contributed by atoms with Crippen molar-refractivity contribution in [1.82, 2.24) is 14.9 Å². The molecule has 2 N–H and O–H groups in total. The Kier molecular flexibility index (Phi) is 7.10. The minimum Gasteiger partial charge on any atom is -0.369 e. The topological polar surface area (TPSA) is 53.1 Å². The molecule has 0 spiro atoms. The monoisotopic (exact) mass is 251 g/mol. The molecule has 0 radical (unpaired) electrons. The van der Waals surface area contributed by atoms with Crippen molar-refractivity contribution in [2.75, 3.05) is 44.4 Å². The molecular formula is C13H25N5. The van der Waals surface area contributed by atoms with Gasteiger partial charge in [0.1, 0.15) is 11.6 Å². The standard InChI is InChI=1S/C13H25N5/c1-4-7-15-12-10-14-11-13(17-12)16-8-5-6-9-18(2)3/h10-11H,4-9H2,1-3H3,(H2,15,16,17). The van der Waals surface area contributed by atoms with E-state index >= 15 is 0 Å². The molecule has 0 saturated carbocycles. The first-order valence-electron chi connectivity index (χ1n) is 6.67. The van der Waals surface area contributed by atoms with E-state index in [1.165, 1.54) is 6.42 Å². The molecule has 0 amide bonds. The van der Waals surface area contributed by atoms with Crippen molar-refractivity contribution >= 4 is 11.6 Å². The number of rotatable bonds is 9. The molecule has 0 fully saturated rings. The molecule has 0 atom stereocenters. The second-order valence-corrected chi connectivity index (χ2v) is 4.65. The van der Waals surface area contributed by atoms with Crippen LogP contribution in [0.25, 0.3) is 0 Å². The van der Waals surface area contributed by atoms with E-state index in [4.69, 9.17) is 0 Å². The van der Waals surface area contributed by atoms with Gasteiger partial charge in [-0.25, -0.2) is 4.98 Å². The van der Waals surface area contributed by atoms with E-state index in [9.17, 15) is 0 Å². The fourth-order valence-electron chi connectivity index (χ4n) is 1.56. The van der Waals surface area contributed by atoms with Crippen molar-refractivity contribution in [3.05, 3.63) is 12.4 Å². The number of anilines is 2. The number of aromatic nitrogens is 2. The first-order valence-corrected chi connectivity index (χ1v) is 6.67.